The van der Waals surface area contributed by atoms with Gasteiger partial charge in [-0.05, 0) is 51.9 Å². The standard InChI is InChI=1S/C17H37N2/c1-3-5-7-10-14-18-16-12-9-13-17-19-15-11-8-6-4-2/h18-19H,1,3-17H2,2H3. The fourth-order valence-corrected chi connectivity index (χ4v) is 2.21. The maximum absolute atomic E-state index is 3.86. The molecule has 0 rings (SSSR count). The molecule has 1 radical (unpaired) electrons. The first-order valence-corrected chi connectivity index (χ1v) is 8.62. The Hall–Kier alpha value is -0.0800. The number of hydrogen-bond donors (Lipinski definition) is 2. The second-order valence-electron chi connectivity index (χ2n) is 5.54. The number of hydrogen-bond acceptors (Lipinski definition) is 2. The lowest BCUT2D eigenvalue weighted by Gasteiger charge is -2.06. The number of unbranched alkanes of at least 4 members (excludes halogenated alkanes) is 8. The maximum Gasteiger partial charge on any atom is -0.00489 e. The molecule has 0 aliphatic rings. The van der Waals surface area contributed by atoms with E-state index in [2.05, 4.69) is 24.5 Å². The number of nitrogens with one attached hydrogen (secondary N) is 2. The van der Waals surface area contributed by atoms with Gasteiger partial charge in [0.2, 0.25) is 0 Å². The third kappa shape index (κ3) is 17.9. The summed E-state index contributed by atoms with van der Waals surface area (Å²) in [6.45, 7) is 10.9. The van der Waals surface area contributed by atoms with Gasteiger partial charge in [-0.3, -0.25) is 0 Å². The average molecular weight is 269 g/mol. The second kappa shape index (κ2) is 17.9. The molecule has 0 bridgehead atoms. The summed E-state index contributed by atoms with van der Waals surface area (Å²) < 4.78 is 0. The highest BCUT2D eigenvalue weighted by Crippen LogP contribution is 1.98. The molecule has 0 fully saturated rings. The molecule has 2 nitrogen and oxygen atoms in total. The molecule has 0 saturated heterocycles. The largest absolute Gasteiger partial charge is 0.317 e. The van der Waals surface area contributed by atoms with E-state index in [-0.39, 0.29) is 0 Å². The highest BCUT2D eigenvalue weighted by molar-refractivity contribution is 4.53. The van der Waals surface area contributed by atoms with E-state index in [0.29, 0.717) is 0 Å². The van der Waals surface area contributed by atoms with Crippen LogP contribution in [0.5, 0.6) is 0 Å². The van der Waals surface area contributed by atoms with Crippen molar-refractivity contribution in [3.05, 3.63) is 6.92 Å². The lowest BCUT2D eigenvalue weighted by atomic mass is 10.2. The summed E-state index contributed by atoms with van der Waals surface area (Å²) in [5, 5.41) is 7.07. The summed E-state index contributed by atoms with van der Waals surface area (Å²) in [4.78, 5) is 0. The molecular formula is C17H37N2. The molecule has 115 valence electrons. The lowest BCUT2D eigenvalue weighted by molar-refractivity contribution is 0.543. The summed E-state index contributed by atoms with van der Waals surface area (Å²) in [7, 11) is 0. The Morgan fingerprint density at radius 3 is 1.42 bits per heavy atom. The summed E-state index contributed by atoms with van der Waals surface area (Å²) >= 11 is 0. The Morgan fingerprint density at radius 1 is 0.579 bits per heavy atom. The average Bonchev–Trinajstić information content (AvgIpc) is 2.43. The van der Waals surface area contributed by atoms with E-state index in [1.54, 1.807) is 0 Å². The first-order valence-electron chi connectivity index (χ1n) is 8.62. The minimum absolute atomic E-state index is 1.09. The maximum atomic E-state index is 3.86. The first-order chi connectivity index (χ1) is 9.41. The molecule has 0 saturated carbocycles. The SMILES string of the molecule is [CH2]CCCCCNCCCCCNCCCCCC. The summed E-state index contributed by atoms with van der Waals surface area (Å²) in [5.41, 5.74) is 0. The Bertz CT molecular complexity index is 132. The van der Waals surface area contributed by atoms with Gasteiger partial charge in [0.1, 0.15) is 0 Å². The van der Waals surface area contributed by atoms with Gasteiger partial charge in [-0.25, -0.2) is 0 Å². The molecule has 0 aliphatic heterocycles. The van der Waals surface area contributed by atoms with Crippen molar-refractivity contribution in [3.8, 4) is 0 Å². The third-order valence-corrected chi connectivity index (χ3v) is 3.52. The molecule has 0 atom stereocenters. The van der Waals surface area contributed by atoms with Crippen LogP contribution in [0.3, 0.4) is 0 Å². The fraction of sp³-hybridized carbons (Fsp3) is 0.941. The lowest BCUT2D eigenvalue weighted by Crippen LogP contribution is -2.18. The van der Waals surface area contributed by atoms with Gasteiger partial charge in [-0.15, -0.1) is 0 Å². The quantitative estimate of drug-likeness (QED) is 0.408. The van der Waals surface area contributed by atoms with Crippen molar-refractivity contribution in [1.29, 1.82) is 0 Å². The smallest absolute Gasteiger partial charge is 0.00489 e. The monoisotopic (exact) mass is 269 g/mol. The van der Waals surface area contributed by atoms with Gasteiger partial charge < -0.3 is 10.6 Å². The Balaban J connectivity index is 2.88. The normalized spacial score (nSPS) is 11.1. The predicted octanol–water partition coefficient (Wildman–Crippen LogP) is 4.31. The Labute approximate surface area is 122 Å². The molecule has 0 aromatic rings. The van der Waals surface area contributed by atoms with Crippen LogP contribution in [0.4, 0.5) is 0 Å². The molecule has 0 spiro atoms. The zero-order valence-corrected chi connectivity index (χ0v) is 13.3. The predicted molar refractivity (Wildman–Crippen MR) is 87.6 cm³/mol. The van der Waals surface area contributed by atoms with E-state index in [9.17, 15) is 0 Å². The molecule has 0 aromatic heterocycles. The van der Waals surface area contributed by atoms with Gasteiger partial charge in [0.15, 0.2) is 0 Å². The molecule has 19 heavy (non-hydrogen) atoms. The zero-order chi connectivity index (χ0) is 14.0. The van der Waals surface area contributed by atoms with Crippen LogP contribution in [0.15, 0.2) is 0 Å². The van der Waals surface area contributed by atoms with Gasteiger partial charge in [-0.2, -0.15) is 0 Å². The van der Waals surface area contributed by atoms with Crippen molar-refractivity contribution >= 4 is 0 Å². The van der Waals surface area contributed by atoms with Crippen LogP contribution in [-0.2, 0) is 0 Å². The van der Waals surface area contributed by atoms with Gasteiger partial charge in [-0.1, -0.05) is 58.8 Å². The fourth-order valence-electron chi connectivity index (χ4n) is 2.21. The van der Waals surface area contributed by atoms with Gasteiger partial charge in [0.05, 0.1) is 0 Å². The molecule has 0 aromatic carbocycles. The molecule has 2 heteroatoms. The van der Waals surface area contributed by atoms with E-state index >= 15 is 0 Å². The molecule has 0 unspecified atom stereocenters. The van der Waals surface area contributed by atoms with Crippen molar-refractivity contribution in [2.45, 2.75) is 77.6 Å². The molecule has 0 heterocycles. The molecule has 0 amide bonds. The van der Waals surface area contributed by atoms with E-state index in [1.807, 2.05) is 0 Å². The van der Waals surface area contributed by atoms with Gasteiger partial charge >= 0.3 is 0 Å². The van der Waals surface area contributed by atoms with E-state index < -0.39 is 0 Å². The topological polar surface area (TPSA) is 24.1 Å². The summed E-state index contributed by atoms with van der Waals surface area (Å²) in [5.74, 6) is 0. The van der Waals surface area contributed by atoms with Crippen LogP contribution in [0, 0.1) is 6.92 Å². The highest BCUT2D eigenvalue weighted by atomic mass is 14.8. The van der Waals surface area contributed by atoms with Crippen LogP contribution in [0.1, 0.15) is 77.6 Å². The zero-order valence-electron chi connectivity index (χ0n) is 13.3. The van der Waals surface area contributed by atoms with Crippen LogP contribution in [0.25, 0.3) is 0 Å². The van der Waals surface area contributed by atoms with Crippen LogP contribution in [-0.4, -0.2) is 26.2 Å². The van der Waals surface area contributed by atoms with Crippen molar-refractivity contribution in [1.82, 2.24) is 10.6 Å². The van der Waals surface area contributed by atoms with Crippen molar-refractivity contribution < 1.29 is 0 Å². The van der Waals surface area contributed by atoms with Gasteiger partial charge in [0, 0.05) is 0 Å². The molecule has 2 N–H and O–H groups in total. The van der Waals surface area contributed by atoms with E-state index in [4.69, 9.17) is 0 Å². The van der Waals surface area contributed by atoms with Crippen molar-refractivity contribution in [2.24, 2.45) is 0 Å². The molecule has 0 aliphatic carbocycles. The van der Waals surface area contributed by atoms with Crippen LogP contribution >= 0.6 is 0 Å². The first kappa shape index (κ1) is 18.9. The summed E-state index contributed by atoms with van der Waals surface area (Å²) in [6, 6.07) is 0. The molecular weight excluding hydrogens is 232 g/mol. The Kier molecular flexibility index (Phi) is 17.8. The number of rotatable bonds is 16. The van der Waals surface area contributed by atoms with E-state index in [0.717, 1.165) is 6.42 Å². The minimum Gasteiger partial charge on any atom is -0.317 e. The highest BCUT2D eigenvalue weighted by Gasteiger charge is 1.92. The third-order valence-electron chi connectivity index (χ3n) is 3.52. The Morgan fingerprint density at radius 2 is 1.00 bits per heavy atom. The van der Waals surface area contributed by atoms with Crippen molar-refractivity contribution in [3.63, 3.8) is 0 Å². The summed E-state index contributed by atoms with van der Waals surface area (Å²) in [6.07, 6.45) is 14.5. The minimum atomic E-state index is 1.09. The van der Waals surface area contributed by atoms with Crippen LogP contribution in [0.2, 0.25) is 0 Å². The second-order valence-corrected chi connectivity index (χ2v) is 5.54. The van der Waals surface area contributed by atoms with Gasteiger partial charge in [0.25, 0.3) is 0 Å². The van der Waals surface area contributed by atoms with E-state index in [1.165, 1.54) is 90.4 Å². The van der Waals surface area contributed by atoms with Crippen molar-refractivity contribution in [2.75, 3.05) is 26.2 Å². The van der Waals surface area contributed by atoms with Crippen LogP contribution < -0.4 is 10.6 Å².